The molecule has 21 heavy (non-hydrogen) atoms. The van der Waals surface area contributed by atoms with E-state index >= 15 is 0 Å². The maximum absolute atomic E-state index is 12.3. The third-order valence-electron chi connectivity index (χ3n) is 4.09. The van der Waals surface area contributed by atoms with Crippen molar-refractivity contribution in [2.24, 2.45) is 0 Å². The number of pyridine rings is 1. The van der Waals surface area contributed by atoms with Crippen LogP contribution in [0.4, 0.5) is 5.69 Å². The summed E-state index contributed by atoms with van der Waals surface area (Å²) in [6.45, 7) is 1.02. The van der Waals surface area contributed by atoms with Gasteiger partial charge in [-0.25, -0.2) is 0 Å². The Morgan fingerprint density at radius 1 is 1.00 bits per heavy atom. The molecular formula is C18H16N2O. The Morgan fingerprint density at radius 2 is 1.86 bits per heavy atom. The van der Waals surface area contributed by atoms with Gasteiger partial charge in [0.1, 0.15) is 0 Å². The van der Waals surface area contributed by atoms with Crippen LogP contribution in [-0.2, 0) is 6.42 Å². The molecule has 0 spiro atoms. The Labute approximate surface area is 122 Å². The van der Waals surface area contributed by atoms with E-state index in [2.05, 4.69) is 22.4 Å². The fourth-order valence-corrected chi connectivity index (χ4v) is 3.01. The van der Waals surface area contributed by atoms with Crippen LogP contribution in [0.25, 0.3) is 22.0 Å². The molecule has 0 radical (unpaired) electrons. The lowest BCUT2D eigenvalue weighted by atomic mass is 9.99. The van der Waals surface area contributed by atoms with E-state index in [1.807, 2.05) is 36.4 Å². The lowest BCUT2D eigenvalue weighted by molar-refractivity contribution is 0.831. The van der Waals surface area contributed by atoms with Gasteiger partial charge in [0.15, 0.2) is 0 Å². The number of rotatable bonds is 1. The maximum atomic E-state index is 12.3. The Morgan fingerprint density at radius 3 is 2.71 bits per heavy atom. The third-order valence-corrected chi connectivity index (χ3v) is 4.09. The van der Waals surface area contributed by atoms with E-state index in [1.165, 1.54) is 11.3 Å². The van der Waals surface area contributed by atoms with Crippen molar-refractivity contribution in [2.75, 3.05) is 11.9 Å². The van der Waals surface area contributed by atoms with E-state index in [4.69, 9.17) is 0 Å². The van der Waals surface area contributed by atoms with Crippen molar-refractivity contribution < 1.29 is 0 Å². The first-order chi connectivity index (χ1) is 10.3. The second kappa shape index (κ2) is 4.77. The van der Waals surface area contributed by atoms with E-state index in [0.717, 1.165) is 41.4 Å². The van der Waals surface area contributed by atoms with Crippen LogP contribution in [0.3, 0.4) is 0 Å². The van der Waals surface area contributed by atoms with Gasteiger partial charge in [-0.3, -0.25) is 4.79 Å². The van der Waals surface area contributed by atoms with Gasteiger partial charge in [-0.15, -0.1) is 0 Å². The monoisotopic (exact) mass is 276 g/mol. The number of aromatic amines is 1. The second-order valence-corrected chi connectivity index (χ2v) is 5.51. The van der Waals surface area contributed by atoms with Crippen molar-refractivity contribution in [3.63, 3.8) is 0 Å². The third kappa shape index (κ3) is 2.11. The summed E-state index contributed by atoms with van der Waals surface area (Å²) >= 11 is 0. The van der Waals surface area contributed by atoms with Gasteiger partial charge < -0.3 is 10.3 Å². The largest absolute Gasteiger partial charge is 0.385 e. The molecule has 0 fully saturated rings. The molecule has 4 rings (SSSR count). The van der Waals surface area contributed by atoms with Gasteiger partial charge in [0, 0.05) is 28.7 Å². The van der Waals surface area contributed by atoms with Crippen molar-refractivity contribution in [1.29, 1.82) is 0 Å². The zero-order valence-corrected chi connectivity index (χ0v) is 11.6. The predicted octanol–water partition coefficient (Wildman–Crippen LogP) is 3.55. The summed E-state index contributed by atoms with van der Waals surface area (Å²) < 4.78 is 0. The number of aryl methyl sites for hydroxylation is 1. The van der Waals surface area contributed by atoms with Gasteiger partial charge in [-0.2, -0.15) is 0 Å². The predicted molar refractivity (Wildman–Crippen MR) is 86.8 cm³/mol. The molecule has 3 heteroatoms. The van der Waals surface area contributed by atoms with Crippen molar-refractivity contribution in [2.45, 2.75) is 12.8 Å². The summed E-state index contributed by atoms with van der Waals surface area (Å²) in [5.41, 5.74) is 5.04. The van der Waals surface area contributed by atoms with E-state index in [0.29, 0.717) is 0 Å². The fraction of sp³-hybridized carbons (Fsp3) is 0.167. The highest BCUT2D eigenvalue weighted by Gasteiger charge is 2.11. The van der Waals surface area contributed by atoms with Gasteiger partial charge in [0.05, 0.1) is 0 Å². The number of hydrogen-bond donors (Lipinski definition) is 2. The molecule has 0 aliphatic carbocycles. The molecule has 2 aromatic carbocycles. The molecule has 0 amide bonds. The quantitative estimate of drug-likeness (QED) is 0.714. The van der Waals surface area contributed by atoms with Crippen molar-refractivity contribution in [3.8, 4) is 11.1 Å². The number of aromatic nitrogens is 1. The first-order valence-corrected chi connectivity index (χ1v) is 7.30. The summed E-state index contributed by atoms with van der Waals surface area (Å²) in [6, 6.07) is 16.0. The van der Waals surface area contributed by atoms with Gasteiger partial charge in [-0.1, -0.05) is 30.3 Å². The van der Waals surface area contributed by atoms with Gasteiger partial charge in [-0.05, 0) is 42.2 Å². The lowest BCUT2D eigenvalue weighted by Crippen LogP contribution is -2.13. The van der Waals surface area contributed by atoms with Crippen LogP contribution in [0.2, 0.25) is 0 Å². The van der Waals surface area contributed by atoms with E-state index < -0.39 is 0 Å². The van der Waals surface area contributed by atoms with Crippen LogP contribution >= 0.6 is 0 Å². The molecule has 1 aliphatic rings. The summed E-state index contributed by atoms with van der Waals surface area (Å²) in [6.07, 6.45) is 2.21. The van der Waals surface area contributed by atoms with Crippen LogP contribution in [0.1, 0.15) is 12.0 Å². The molecule has 1 aliphatic heterocycles. The minimum atomic E-state index is -0.0302. The molecule has 0 atom stereocenters. The van der Waals surface area contributed by atoms with Crippen LogP contribution in [0.5, 0.6) is 0 Å². The number of nitrogens with one attached hydrogen (secondary N) is 2. The molecule has 3 aromatic rings. The first kappa shape index (κ1) is 12.2. The molecule has 3 nitrogen and oxygen atoms in total. The summed E-state index contributed by atoms with van der Waals surface area (Å²) in [5, 5.41) is 4.51. The van der Waals surface area contributed by atoms with E-state index in [-0.39, 0.29) is 5.56 Å². The Balaban J connectivity index is 1.95. The normalized spacial score (nSPS) is 13.7. The average Bonchev–Trinajstić information content (AvgIpc) is 2.53. The first-order valence-electron chi connectivity index (χ1n) is 7.30. The minimum Gasteiger partial charge on any atom is -0.385 e. The zero-order chi connectivity index (χ0) is 14.2. The topological polar surface area (TPSA) is 44.9 Å². The standard InChI is InChI=1S/C18H16N2O/c21-18-15(12-5-2-1-3-6-12)9-14-11-16-13(7-4-8-19-16)10-17(14)20-18/h1-3,5-6,9-11,19H,4,7-8H2,(H,20,21). The van der Waals surface area contributed by atoms with E-state index in [9.17, 15) is 4.79 Å². The Bertz CT molecular complexity index is 866. The highest BCUT2D eigenvalue weighted by molar-refractivity contribution is 5.87. The number of anilines is 1. The lowest BCUT2D eigenvalue weighted by Gasteiger charge is -2.18. The smallest absolute Gasteiger partial charge is 0.256 e. The summed E-state index contributed by atoms with van der Waals surface area (Å²) in [4.78, 5) is 15.4. The van der Waals surface area contributed by atoms with Gasteiger partial charge in [0.25, 0.3) is 5.56 Å². The van der Waals surface area contributed by atoms with Gasteiger partial charge in [0.2, 0.25) is 0 Å². The highest BCUT2D eigenvalue weighted by Crippen LogP contribution is 2.28. The van der Waals surface area contributed by atoms with Crippen molar-refractivity contribution in [3.05, 3.63) is 64.4 Å². The molecule has 0 unspecified atom stereocenters. The number of hydrogen-bond acceptors (Lipinski definition) is 2. The highest BCUT2D eigenvalue weighted by atomic mass is 16.1. The zero-order valence-electron chi connectivity index (χ0n) is 11.6. The Hall–Kier alpha value is -2.55. The molecule has 104 valence electrons. The van der Waals surface area contributed by atoms with Crippen molar-refractivity contribution in [1.82, 2.24) is 4.98 Å². The molecule has 1 aromatic heterocycles. The minimum absolute atomic E-state index is 0.0302. The molecular weight excluding hydrogens is 260 g/mol. The average molecular weight is 276 g/mol. The molecule has 0 saturated heterocycles. The second-order valence-electron chi connectivity index (χ2n) is 5.51. The van der Waals surface area contributed by atoms with Crippen LogP contribution < -0.4 is 10.9 Å². The van der Waals surface area contributed by atoms with Gasteiger partial charge >= 0.3 is 0 Å². The molecule has 0 saturated carbocycles. The maximum Gasteiger partial charge on any atom is 0.256 e. The van der Waals surface area contributed by atoms with Crippen LogP contribution in [-0.4, -0.2) is 11.5 Å². The van der Waals surface area contributed by atoms with Crippen LogP contribution in [0, 0.1) is 0 Å². The van der Waals surface area contributed by atoms with Crippen molar-refractivity contribution >= 4 is 16.6 Å². The summed E-state index contributed by atoms with van der Waals surface area (Å²) in [5.74, 6) is 0. The number of fused-ring (bicyclic) bond motifs is 2. The van der Waals surface area contributed by atoms with E-state index in [1.54, 1.807) is 0 Å². The molecule has 2 N–H and O–H groups in total. The Kier molecular flexibility index (Phi) is 2.78. The number of benzene rings is 2. The molecule has 2 heterocycles. The molecule has 0 bridgehead atoms. The fourth-order valence-electron chi connectivity index (χ4n) is 3.01. The summed E-state index contributed by atoms with van der Waals surface area (Å²) in [7, 11) is 0. The SMILES string of the molecule is O=c1[nH]c2cc3c(cc2cc1-c1ccccc1)NCCC3. The number of H-pyrrole nitrogens is 1. The van der Waals surface area contributed by atoms with Crippen LogP contribution in [0.15, 0.2) is 53.3 Å².